The predicted octanol–water partition coefficient (Wildman–Crippen LogP) is 2.16. The minimum atomic E-state index is -3.87. The minimum Gasteiger partial charge on any atom is -0.408 e. The lowest BCUT2D eigenvalue weighted by molar-refractivity contribution is 0.0793. The highest BCUT2D eigenvalue weighted by atomic mass is 32.2. The van der Waals surface area contributed by atoms with Gasteiger partial charge in [-0.15, -0.1) is 0 Å². The van der Waals surface area contributed by atoms with E-state index in [0.717, 1.165) is 25.9 Å². The first-order chi connectivity index (χ1) is 12.9. The summed E-state index contributed by atoms with van der Waals surface area (Å²) in [5, 5.41) is 0. The fourth-order valence-electron chi connectivity index (χ4n) is 3.09. The van der Waals surface area contributed by atoms with Gasteiger partial charge in [0, 0.05) is 30.4 Å². The standard InChI is InChI=1S/C18H17N3O5S/c22-17(21-9-1-2-10-21)12-3-5-13(6-4-12)20-27(24,25)14-7-8-15-16(11-14)26-18(23)19-15/h3-8,11,20H,1-2,9-10H2,(H,19,23). The second-order valence-corrected chi connectivity index (χ2v) is 8.04. The number of oxazole rings is 1. The van der Waals surface area contributed by atoms with E-state index >= 15 is 0 Å². The van der Waals surface area contributed by atoms with Gasteiger partial charge in [0.15, 0.2) is 5.58 Å². The van der Waals surface area contributed by atoms with Gasteiger partial charge in [-0.1, -0.05) is 0 Å². The van der Waals surface area contributed by atoms with Crippen LogP contribution in [0.4, 0.5) is 5.69 Å². The van der Waals surface area contributed by atoms with Gasteiger partial charge in [-0.3, -0.25) is 14.5 Å². The monoisotopic (exact) mass is 387 g/mol. The highest BCUT2D eigenvalue weighted by molar-refractivity contribution is 7.92. The number of nitrogens with one attached hydrogen (secondary N) is 2. The third-order valence-corrected chi connectivity index (χ3v) is 5.86. The zero-order valence-corrected chi connectivity index (χ0v) is 15.1. The molecule has 27 heavy (non-hydrogen) atoms. The van der Waals surface area contributed by atoms with Crippen LogP contribution < -0.4 is 10.5 Å². The van der Waals surface area contributed by atoms with Crippen molar-refractivity contribution in [1.29, 1.82) is 0 Å². The third-order valence-electron chi connectivity index (χ3n) is 4.48. The summed E-state index contributed by atoms with van der Waals surface area (Å²) in [5.74, 6) is -0.694. The molecule has 1 aliphatic rings. The third kappa shape index (κ3) is 3.45. The Morgan fingerprint density at radius 1 is 1.07 bits per heavy atom. The van der Waals surface area contributed by atoms with Crippen LogP contribution in [0, 0.1) is 0 Å². The van der Waals surface area contributed by atoms with Crippen molar-refractivity contribution in [3.63, 3.8) is 0 Å². The fraction of sp³-hybridized carbons (Fsp3) is 0.222. The first-order valence-corrected chi connectivity index (χ1v) is 9.96. The maximum atomic E-state index is 12.6. The van der Waals surface area contributed by atoms with Crippen molar-refractivity contribution in [2.45, 2.75) is 17.7 Å². The molecular formula is C18H17N3O5S. The van der Waals surface area contributed by atoms with Gasteiger partial charge in [-0.25, -0.2) is 13.2 Å². The van der Waals surface area contributed by atoms with E-state index in [9.17, 15) is 18.0 Å². The van der Waals surface area contributed by atoms with Crippen LogP contribution in [0.1, 0.15) is 23.2 Å². The fourth-order valence-corrected chi connectivity index (χ4v) is 4.16. The lowest BCUT2D eigenvalue weighted by Crippen LogP contribution is -2.27. The van der Waals surface area contributed by atoms with E-state index in [4.69, 9.17) is 4.42 Å². The lowest BCUT2D eigenvalue weighted by atomic mass is 10.2. The van der Waals surface area contributed by atoms with E-state index in [-0.39, 0.29) is 16.4 Å². The Hall–Kier alpha value is -3.07. The highest BCUT2D eigenvalue weighted by Gasteiger charge is 2.20. The van der Waals surface area contributed by atoms with Gasteiger partial charge >= 0.3 is 5.76 Å². The molecule has 0 aliphatic carbocycles. The van der Waals surface area contributed by atoms with Crippen molar-refractivity contribution in [3.05, 3.63) is 58.6 Å². The van der Waals surface area contributed by atoms with Crippen molar-refractivity contribution in [3.8, 4) is 0 Å². The van der Waals surface area contributed by atoms with E-state index in [0.29, 0.717) is 16.8 Å². The zero-order valence-electron chi connectivity index (χ0n) is 14.3. The second-order valence-electron chi connectivity index (χ2n) is 6.35. The van der Waals surface area contributed by atoms with Gasteiger partial charge in [0.1, 0.15) is 0 Å². The smallest absolute Gasteiger partial charge is 0.408 e. The summed E-state index contributed by atoms with van der Waals surface area (Å²) >= 11 is 0. The first kappa shape index (κ1) is 17.3. The summed E-state index contributed by atoms with van der Waals surface area (Å²) in [6.07, 6.45) is 2.02. The summed E-state index contributed by atoms with van der Waals surface area (Å²) in [6.45, 7) is 1.51. The van der Waals surface area contributed by atoms with Crippen LogP contribution in [0.5, 0.6) is 0 Å². The minimum absolute atomic E-state index is 0.0324. The molecule has 0 radical (unpaired) electrons. The Kier molecular flexibility index (Phi) is 4.23. The summed E-state index contributed by atoms with van der Waals surface area (Å²) in [7, 11) is -3.87. The van der Waals surface area contributed by atoms with Crippen molar-refractivity contribution >= 4 is 32.7 Å². The van der Waals surface area contributed by atoms with Crippen LogP contribution >= 0.6 is 0 Å². The molecule has 2 aromatic carbocycles. The molecule has 2 heterocycles. The number of hydrogen-bond donors (Lipinski definition) is 2. The van der Waals surface area contributed by atoms with Gasteiger partial charge in [0.2, 0.25) is 0 Å². The number of benzene rings is 2. The van der Waals surface area contributed by atoms with E-state index < -0.39 is 15.8 Å². The maximum Gasteiger partial charge on any atom is 0.417 e. The molecular weight excluding hydrogens is 370 g/mol. The summed E-state index contributed by atoms with van der Waals surface area (Å²) in [5.41, 5.74) is 1.44. The molecule has 4 rings (SSSR count). The number of hydrogen-bond acceptors (Lipinski definition) is 5. The predicted molar refractivity (Wildman–Crippen MR) is 99.2 cm³/mol. The van der Waals surface area contributed by atoms with E-state index in [1.807, 2.05) is 0 Å². The van der Waals surface area contributed by atoms with E-state index in [1.54, 1.807) is 29.2 Å². The summed E-state index contributed by atoms with van der Waals surface area (Å²) in [6, 6.07) is 10.4. The zero-order chi connectivity index (χ0) is 19.0. The van der Waals surface area contributed by atoms with Gasteiger partial charge in [0.25, 0.3) is 15.9 Å². The Morgan fingerprint density at radius 3 is 2.48 bits per heavy atom. The largest absolute Gasteiger partial charge is 0.417 e. The van der Waals surface area contributed by atoms with Gasteiger partial charge in [-0.2, -0.15) is 0 Å². The topological polar surface area (TPSA) is 112 Å². The van der Waals surface area contributed by atoms with Gasteiger partial charge < -0.3 is 9.32 Å². The number of H-pyrrole nitrogens is 1. The molecule has 0 saturated carbocycles. The molecule has 2 N–H and O–H groups in total. The molecule has 1 aliphatic heterocycles. The van der Waals surface area contributed by atoms with Gasteiger partial charge in [-0.05, 0) is 49.2 Å². The second kappa shape index (κ2) is 6.58. The first-order valence-electron chi connectivity index (χ1n) is 8.47. The molecule has 1 amide bonds. The number of nitrogens with zero attached hydrogens (tertiary/aromatic N) is 1. The molecule has 9 heteroatoms. The molecule has 0 spiro atoms. The quantitative estimate of drug-likeness (QED) is 0.712. The Bertz CT molecular complexity index is 1160. The highest BCUT2D eigenvalue weighted by Crippen LogP contribution is 2.21. The molecule has 1 saturated heterocycles. The van der Waals surface area contributed by atoms with Crippen molar-refractivity contribution in [2.75, 3.05) is 17.8 Å². The van der Waals surface area contributed by atoms with Crippen LogP contribution in [0.3, 0.4) is 0 Å². The van der Waals surface area contributed by atoms with Crippen LogP contribution in [0.2, 0.25) is 0 Å². The molecule has 3 aromatic rings. The molecule has 0 unspecified atom stereocenters. The number of likely N-dealkylation sites (tertiary alicyclic amines) is 1. The number of carbonyl (C=O) groups excluding carboxylic acids is 1. The average molecular weight is 387 g/mol. The molecule has 0 bridgehead atoms. The molecule has 8 nitrogen and oxygen atoms in total. The van der Waals surface area contributed by atoms with Crippen LogP contribution in [0.25, 0.3) is 11.1 Å². The molecule has 0 atom stereocenters. The Morgan fingerprint density at radius 2 is 1.78 bits per heavy atom. The molecule has 1 fully saturated rings. The van der Waals surface area contributed by atoms with E-state index in [2.05, 4.69) is 9.71 Å². The number of carbonyl (C=O) groups is 1. The summed E-state index contributed by atoms with van der Waals surface area (Å²) < 4.78 is 32.5. The van der Waals surface area contributed by atoms with Gasteiger partial charge in [0.05, 0.1) is 10.4 Å². The number of anilines is 1. The number of sulfonamides is 1. The SMILES string of the molecule is O=C(c1ccc(NS(=O)(=O)c2ccc3[nH]c(=O)oc3c2)cc1)N1CCCC1. The maximum absolute atomic E-state index is 12.6. The Labute approximate surface area is 154 Å². The molecule has 1 aromatic heterocycles. The summed E-state index contributed by atoms with van der Waals surface area (Å²) in [4.78, 5) is 27.8. The van der Waals surface area contributed by atoms with E-state index in [1.165, 1.54) is 18.2 Å². The number of fused-ring (bicyclic) bond motifs is 1. The number of rotatable bonds is 4. The lowest BCUT2D eigenvalue weighted by Gasteiger charge is -2.15. The van der Waals surface area contributed by atoms with Crippen molar-refractivity contribution in [1.82, 2.24) is 9.88 Å². The number of aromatic amines is 1. The van der Waals surface area contributed by atoms with Crippen molar-refractivity contribution in [2.24, 2.45) is 0 Å². The van der Waals surface area contributed by atoms with Crippen LogP contribution in [-0.4, -0.2) is 37.3 Å². The average Bonchev–Trinajstić information content (AvgIpc) is 3.29. The normalized spacial score (nSPS) is 14.6. The number of aromatic nitrogens is 1. The molecule has 140 valence electrons. The number of amides is 1. The van der Waals surface area contributed by atoms with Crippen LogP contribution in [0.15, 0.2) is 56.6 Å². The van der Waals surface area contributed by atoms with Crippen molar-refractivity contribution < 1.29 is 17.6 Å². The Balaban J connectivity index is 1.54. The van der Waals surface area contributed by atoms with Crippen LogP contribution in [-0.2, 0) is 10.0 Å².